The van der Waals surface area contributed by atoms with Gasteiger partial charge in [-0.05, 0) is 36.3 Å². The molecule has 3 aromatic rings. The number of thiazole rings is 1. The first-order valence-corrected chi connectivity index (χ1v) is 9.76. The highest BCUT2D eigenvalue weighted by Crippen LogP contribution is 2.30. The summed E-state index contributed by atoms with van der Waals surface area (Å²) in [7, 11) is 1.32. The molecule has 4 rings (SSSR count). The monoisotopic (exact) mass is 406 g/mol. The molecule has 2 aromatic carbocycles. The van der Waals surface area contributed by atoms with Gasteiger partial charge in [0.2, 0.25) is 0 Å². The third-order valence-electron chi connectivity index (χ3n) is 4.73. The molecule has 6 nitrogen and oxygen atoms in total. The van der Waals surface area contributed by atoms with Gasteiger partial charge in [-0.15, -0.1) is 0 Å². The third kappa shape index (κ3) is 3.40. The van der Waals surface area contributed by atoms with Crippen LogP contribution >= 0.6 is 11.3 Å². The molecule has 1 atom stereocenters. The van der Waals surface area contributed by atoms with Crippen molar-refractivity contribution < 1.29 is 14.6 Å². The Balaban J connectivity index is 1.97. The van der Waals surface area contributed by atoms with Crippen molar-refractivity contribution in [1.82, 2.24) is 4.57 Å². The second-order valence-electron chi connectivity index (χ2n) is 6.58. The number of rotatable bonds is 3. The lowest BCUT2D eigenvalue weighted by Gasteiger charge is -2.24. The number of phenols is 1. The van der Waals surface area contributed by atoms with Gasteiger partial charge in [-0.25, -0.2) is 9.79 Å². The molecule has 146 valence electrons. The van der Waals surface area contributed by atoms with E-state index in [1.54, 1.807) is 41.8 Å². The number of methoxy groups -OCH3 is 1. The number of esters is 1. The van der Waals surface area contributed by atoms with Gasteiger partial charge in [0.05, 0.1) is 29.0 Å². The van der Waals surface area contributed by atoms with Crippen LogP contribution < -0.4 is 14.9 Å². The molecule has 0 fully saturated rings. The molecule has 1 aliphatic rings. The van der Waals surface area contributed by atoms with Crippen molar-refractivity contribution in [3.63, 3.8) is 0 Å². The molecule has 0 spiro atoms. The number of fused-ring (bicyclic) bond motifs is 1. The molecule has 1 aromatic heterocycles. The minimum absolute atomic E-state index is 0.158. The molecule has 0 saturated heterocycles. The van der Waals surface area contributed by atoms with E-state index >= 15 is 0 Å². The molecule has 1 unspecified atom stereocenters. The van der Waals surface area contributed by atoms with Crippen LogP contribution in [0.2, 0.25) is 0 Å². The van der Waals surface area contributed by atoms with Crippen molar-refractivity contribution in [3.8, 4) is 5.75 Å². The van der Waals surface area contributed by atoms with Crippen molar-refractivity contribution >= 4 is 23.4 Å². The van der Waals surface area contributed by atoms with Gasteiger partial charge in [0.25, 0.3) is 5.56 Å². The number of hydrogen-bond donors (Lipinski definition) is 1. The molecule has 0 aliphatic carbocycles. The number of phenolic OH excluding ortho intramolecular Hbond substituents is 1. The van der Waals surface area contributed by atoms with Crippen LogP contribution in [0, 0.1) is 0 Å². The maximum atomic E-state index is 13.3. The van der Waals surface area contributed by atoms with E-state index in [1.165, 1.54) is 18.4 Å². The van der Waals surface area contributed by atoms with Crippen molar-refractivity contribution in [2.45, 2.75) is 13.0 Å². The molecule has 7 heteroatoms. The normalized spacial score (nSPS) is 16.3. The van der Waals surface area contributed by atoms with Crippen molar-refractivity contribution in [1.29, 1.82) is 0 Å². The lowest BCUT2D eigenvalue weighted by atomic mass is 9.96. The zero-order valence-corrected chi connectivity index (χ0v) is 16.6. The lowest BCUT2D eigenvalue weighted by Crippen LogP contribution is -2.39. The maximum absolute atomic E-state index is 13.3. The summed E-state index contributed by atoms with van der Waals surface area (Å²) in [4.78, 5) is 30.9. The minimum Gasteiger partial charge on any atom is -0.508 e. The highest BCUT2D eigenvalue weighted by molar-refractivity contribution is 7.07. The van der Waals surface area contributed by atoms with Crippen molar-refractivity contribution in [2.75, 3.05) is 7.11 Å². The van der Waals surface area contributed by atoms with Crippen LogP contribution in [0.15, 0.2) is 75.7 Å². The van der Waals surface area contributed by atoms with Crippen molar-refractivity contribution in [3.05, 3.63) is 96.7 Å². The fourth-order valence-corrected chi connectivity index (χ4v) is 4.41. The number of ether oxygens (including phenoxy) is 1. The molecule has 29 heavy (non-hydrogen) atoms. The Morgan fingerprint density at radius 3 is 2.52 bits per heavy atom. The van der Waals surface area contributed by atoms with E-state index in [2.05, 4.69) is 4.99 Å². The van der Waals surface area contributed by atoms with Gasteiger partial charge in [-0.1, -0.05) is 53.8 Å². The summed E-state index contributed by atoms with van der Waals surface area (Å²) in [5.41, 5.74) is 2.24. The summed E-state index contributed by atoms with van der Waals surface area (Å²) < 4.78 is 7.02. The van der Waals surface area contributed by atoms with Gasteiger partial charge in [0, 0.05) is 0 Å². The van der Waals surface area contributed by atoms with Crippen LogP contribution in [-0.4, -0.2) is 22.8 Å². The Morgan fingerprint density at radius 1 is 1.17 bits per heavy atom. The molecule has 0 bridgehead atoms. The Kier molecular flexibility index (Phi) is 4.90. The first kappa shape index (κ1) is 18.9. The average molecular weight is 406 g/mol. The summed E-state index contributed by atoms with van der Waals surface area (Å²) >= 11 is 1.26. The summed E-state index contributed by atoms with van der Waals surface area (Å²) in [5.74, 6) is -0.348. The first-order chi connectivity index (χ1) is 14.0. The summed E-state index contributed by atoms with van der Waals surface area (Å²) in [6.07, 6.45) is 1.75. The Morgan fingerprint density at radius 2 is 1.86 bits per heavy atom. The predicted octanol–water partition coefficient (Wildman–Crippen LogP) is 2.11. The van der Waals surface area contributed by atoms with E-state index < -0.39 is 12.0 Å². The first-order valence-electron chi connectivity index (χ1n) is 8.94. The standard InChI is InChI=1S/C22H18N2O4S/c1-13-18(21(27)28-2)19(15-6-4-3-5-7-15)24-20(26)17(29-22(24)23-13)12-14-8-10-16(25)11-9-14/h3-12,19,25H,1-2H3/b17-12-. The molecular weight excluding hydrogens is 388 g/mol. The Hall–Kier alpha value is -3.45. The van der Waals surface area contributed by atoms with Gasteiger partial charge >= 0.3 is 5.97 Å². The predicted molar refractivity (Wildman–Crippen MR) is 110 cm³/mol. The van der Waals surface area contributed by atoms with E-state index in [0.29, 0.717) is 20.6 Å². The van der Waals surface area contributed by atoms with E-state index in [0.717, 1.165) is 11.1 Å². The molecular formula is C22H18N2O4S. The molecule has 0 amide bonds. The number of benzene rings is 2. The summed E-state index contributed by atoms with van der Waals surface area (Å²) in [6, 6.07) is 15.4. The molecule has 1 aliphatic heterocycles. The van der Waals surface area contributed by atoms with Crippen LogP contribution in [0.1, 0.15) is 24.1 Å². The second kappa shape index (κ2) is 7.52. The molecule has 0 radical (unpaired) electrons. The topological polar surface area (TPSA) is 80.9 Å². The molecule has 1 N–H and O–H groups in total. The van der Waals surface area contributed by atoms with Crippen LogP contribution in [0.25, 0.3) is 6.08 Å². The summed E-state index contributed by atoms with van der Waals surface area (Å²) in [5, 5.41) is 9.46. The third-order valence-corrected chi connectivity index (χ3v) is 5.72. The van der Waals surface area contributed by atoms with E-state index in [9.17, 15) is 14.7 Å². The number of allylic oxidation sites excluding steroid dienone is 1. The number of hydrogen-bond acceptors (Lipinski definition) is 6. The average Bonchev–Trinajstić information content (AvgIpc) is 3.03. The van der Waals surface area contributed by atoms with Crippen LogP contribution in [-0.2, 0) is 9.53 Å². The van der Waals surface area contributed by atoms with Crippen LogP contribution in [0.3, 0.4) is 0 Å². The van der Waals surface area contributed by atoms with Gasteiger partial charge < -0.3 is 9.84 Å². The van der Waals surface area contributed by atoms with Gasteiger partial charge in [-0.3, -0.25) is 9.36 Å². The number of nitrogens with zero attached hydrogens (tertiary/aromatic N) is 2. The molecule has 2 heterocycles. The van der Waals surface area contributed by atoms with Crippen molar-refractivity contribution in [2.24, 2.45) is 4.99 Å². The quantitative estimate of drug-likeness (QED) is 0.676. The van der Waals surface area contributed by atoms with Gasteiger partial charge in [-0.2, -0.15) is 0 Å². The summed E-state index contributed by atoms with van der Waals surface area (Å²) in [6.45, 7) is 1.75. The fourth-order valence-electron chi connectivity index (χ4n) is 3.37. The van der Waals surface area contributed by atoms with Crippen LogP contribution in [0.5, 0.6) is 5.75 Å². The maximum Gasteiger partial charge on any atom is 0.338 e. The number of aromatic hydroxyl groups is 1. The van der Waals surface area contributed by atoms with Crippen LogP contribution in [0.4, 0.5) is 0 Å². The number of aromatic nitrogens is 1. The van der Waals surface area contributed by atoms with E-state index in [4.69, 9.17) is 4.74 Å². The Labute approximate surface area is 170 Å². The fraction of sp³-hybridized carbons (Fsp3) is 0.136. The SMILES string of the molecule is COC(=O)C1=C(C)N=c2s/c(=C\c3ccc(O)cc3)c(=O)n2C1c1ccccc1. The second-order valence-corrected chi connectivity index (χ2v) is 7.58. The number of carbonyl (C=O) groups excluding carboxylic acids is 1. The minimum atomic E-state index is -0.609. The van der Waals surface area contributed by atoms with E-state index in [1.807, 2.05) is 30.3 Å². The molecule has 0 saturated carbocycles. The van der Waals surface area contributed by atoms with Gasteiger partial charge in [0.1, 0.15) is 5.75 Å². The zero-order valence-electron chi connectivity index (χ0n) is 15.8. The zero-order chi connectivity index (χ0) is 20.5. The van der Waals surface area contributed by atoms with Gasteiger partial charge in [0.15, 0.2) is 4.80 Å². The number of carbonyl (C=O) groups is 1. The highest BCUT2D eigenvalue weighted by atomic mass is 32.1. The largest absolute Gasteiger partial charge is 0.508 e. The Bertz CT molecular complexity index is 1290. The smallest absolute Gasteiger partial charge is 0.338 e. The lowest BCUT2D eigenvalue weighted by molar-refractivity contribution is -0.136. The highest BCUT2D eigenvalue weighted by Gasteiger charge is 2.32. The van der Waals surface area contributed by atoms with E-state index in [-0.39, 0.29) is 11.3 Å².